The van der Waals surface area contributed by atoms with Gasteiger partial charge in [-0.2, -0.15) is 0 Å². The predicted molar refractivity (Wildman–Crippen MR) is 77.5 cm³/mol. The molecule has 1 aliphatic rings. The molecule has 1 fully saturated rings. The van der Waals surface area contributed by atoms with Crippen molar-refractivity contribution in [3.8, 4) is 0 Å². The summed E-state index contributed by atoms with van der Waals surface area (Å²) in [5.41, 5.74) is 1.15. The highest BCUT2D eigenvalue weighted by Crippen LogP contribution is 2.26. The van der Waals surface area contributed by atoms with Gasteiger partial charge in [0.2, 0.25) is 0 Å². The van der Waals surface area contributed by atoms with Crippen LogP contribution in [0.2, 0.25) is 0 Å². The Morgan fingerprint density at radius 3 is 2.47 bits per heavy atom. The smallest absolute Gasteiger partial charge is 0.275 e. The average Bonchev–Trinajstić information content (AvgIpc) is 2.92. The van der Waals surface area contributed by atoms with Crippen LogP contribution in [0.25, 0.3) is 0 Å². The maximum atomic E-state index is 12.1. The van der Waals surface area contributed by atoms with Crippen molar-refractivity contribution < 1.29 is 9.28 Å². The topological polar surface area (TPSA) is 29.1 Å². The van der Waals surface area contributed by atoms with Gasteiger partial charge in [0, 0.05) is 6.54 Å². The third kappa shape index (κ3) is 4.06. The molecule has 3 heteroatoms. The number of benzene rings is 1. The van der Waals surface area contributed by atoms with Gasteiger partial charge in [-0.25, -0.2) is 0 Å². The summed E-state index contributed by atoms with van der Waals surface area (Å²) in [7, 11) is 4.36. The summed E-state index contributed by atoms with van der Waals surface area (Å²) < 4.78 is 0.820. The van der Waals surface area contributed by atoms with Crippen molar-refractivity contribution in [3.63, 3.8) is 0 Å². The van der Waals surface area contributed by atoms with Crippen molar-refractivity contribution in [2.45, 2.75) is 38.3 Å². The van der Waals surface area contributed by atoms with Crippen molar-refractivity contribution in [2.24, 2.45) is 0 Å². The van der Waals surface area contributed by atoms with Crippen LogP contribution in [-0.2, 0) is 11.3 Å². The van der Waals surface area contributed by atoms with Gasteiger partial charge in [0.15, 0.2) is 6.54 Å². The van der Waals surface area contributed by atoms with Crippen LogP contribution in [0.5, 0.6) is 0 Å². The van der Waals surface area contributed by atoms with E-state index in [9.17, 15) is 4.79 Å². The van der Waals surface area contributed by atoms with Crippen LogP contribution in [0.1, 0.15) is 31.2 Å². The van der Waals surface area contributed by atoms with Gasteiger partial charge in [0.05, 0.1) is 20.1 Å². The second-order valence-electron chi connectivity index (χ2n) is 6.14. The van der Waals surface area contributed by atoms with Crippen molar-refractivity contribution >= 4 is 5.91 Å². The molecule has 3 nitrogen and oxygen atoms in total. The number of nitrogens with zero attached hydrogens (tertiary/aromatic N) is 1. The second-order valence-corrected chi connectivity index (χ2v) is 6.14. The Hall–Kier alpha value is -1.35. The summed E-state index contributed by atoms with van der Waals surface area (Å²) in [4.78, 5) is 12.1. The Morgan fingerprint density at radius 1 is 1.21 bits per heavy atom. The van der Waals surface area contributed by atoms with Crippen LogP contribution in [-0.4, -0.2) is 37.1 Å². The van der Waals surface area contributed by atoms with Gasteiger partial charge < -0.3 is 9.80 Å². The third-order valence-electron chi connectivity index (χ3n) is 4.20. The zero-order chi connectivity index (χ0) is 13.7. The largest absolute Gasteiger partial charge is 0.347 e. The van der Waals surface area contributed by atoms with Crippen LogP contribution in [0.4, 0.5) is 0 Å². The molecule has 1 aliphatic carbocycles. The van der Waals surface area contributed by atoms with E-state index in [0.717, 1.165) is 10.0 Å². The highest BCUT2D eigenvalue weighted by Gasteiger charge is 2.32. The molecule has 0 unspecified atom stereocenters. The van der Waals surface area contributed by atoms with E-state index in [2.05, 4.69) is 19.4 Å². The molecule has 0 heterocycles. The van der Waals surface area contributed by atoms with Crippen LogP contribution >= 0.6 is 0 Å². The molecule has 0 aliphatic heterocycles. The number of nitrogens with one attached hydrogen (secondary N) is 1. The molecule has 1 amide bonds. The first-order valence-corrected chi connectivity index (χ1v) is 7.21. The quantitative estimate of drug-likeness (QED) is 0.810. The van der Waals surface area contributed by atoms with Gasteiger partial charge in [-0.05, 0) is 31.2 Å². The summed E-state index contributed by atoms with van der Waals surface area (Å²) in [6.07, 6.45) is 5.16. The summed E-state index contributed by atoms with van der Waals surface area (Å²) in [5, 5.41) is 3.02. The fraction of sp³-hybridized carbons (Fsp3) is 0.562. The summed E-state index contributed by atoms with van der Waals surface area (Å²) in [6.45, 7) is 1.21. The van der Waals surface area contributed by atoms with E-state index in [1.54, 1.807) is 0 Å². The number of carbonyl (C=O) groups excluding carboxylic acids is 1. The molecular weight excluding hydrogens is 236 g/mol. The molecule has 104 valence electrons. The van der Waals surface area contributed by atoms with Crippen LogP contribution in [0, 0.1) is 0 Å². The lowest BCUT2D eigenvalue weighted by Crippen LogP contribution is -2.52. The standard InChI is InChI=1S/C16H24N2O/c1-18(2,15-10-6-7-11-15)13-16(19)17-12-14-8-4-3-5-9-14/h3-5,8-9,15H,6-7,10-13H2,1-2H3/p+1. The molecule has 1 saturated carbocycles. The molecular formula is C16H25N2O+. The third-order valence-corrected chi connectivity index (χ3v) is 4.20. The molecule has 1 aromatic rings. The minimum Gasteiger partial charge on any atom is -0.347 e. The molecule has 0 atom stereocenters. The SMILES string of the molecule is C[N+](C)(CC(=O)NCc1ccccc1)C1CCCC1. The Morgan fingerprint density at radius 2 is 1.84 bits per heavy atom. The molecule has 2 rings (SSSR count). The van der Waals surface area contributed by atoms with Crippen LogP contribution in [0.15, 0.2) is 30.3 Å². The minimum absolute atomic E-state index is 0.153. The lowest BCUT2D eigenvalue weighted by molar-refractivity contribution is -0.906. The minimum atomic E-state index is 0.153. The summed E-state index contributed by atoms with van der Waals surface area (Å²) >= 11 is 0. The molecule has 19 heavy (non-hydrogen) atoms. The lowest BCUT2D eigenvalue weighted by atomic mass is 10.2. The van der Waals surface area contributed by atoms with Gasteiger partial charge in [-0.1, -0.05) is 30.3 Å². The normalized spacial score (nSPS) is 16.5. The molecule has 0 aromatic heterocycles. The zero-order valence-corrected chi connectivity index (χ0v) is 12.1. The van der Waals surface area contributed by atoms with E-state index in [0.29, 0.717) is 19.1 Å². The van der Waals surface area contributed by atoms with Crippen molar-refractivity contribution in [1.29, 1.82) is 0 Å². The maximum Gasteiger partial charge on any atom is 0.275 e. The molecule has 0 radical (unpaired) electrons. The van der Waals surface area contributed by atoms with E-state index in [4.69, 9.17) is 0 Å². The number of hydrogen-bond acceptors (Lipinski definition) is 1. The lowest BCUT2D eigenvalue weighted by Gasteiger charge is -2.35. The predicted octanol–water partition coefficient (Wildman–Crippen LogP) is 2.32. The fourth-order valence-corrected chi connectivity index (χ4v) is 2.95. The zero-order valence-electron chi connectivity index (χ0n) is 12.1. The van der Waals surface area contributed by atoms with Crippen LogP contribution in [0.3, 0.4) is 0 Å². The van der Waals surface area contributed by atoms with E-state index < -0.39 is 0 Å². The Labute approximate surface area is 116 Å². The number of hydrogen-bond donors (Lipinski definition) is 1. The summed E-state index contributed by atoms with van der Waals surface area (Å²) in [6, 6.07) is 10.7. The van der Waals surface area contributed by atoms with E-state index in [1.807, 2.05) is 30.3 Å². The highest BCUT2D eigenvalue weighted by molar-refractivity contribution is 5.77. The molecule has 0 spiro atoms. The molecule has 0 bridgehead atoms. The van der Waals surface area contributed by atoms with Gasteiger partial charge in [-0.15, -0.1) is 0 Å². The van der Waals surface area contributed by atoms with Crippen molar-refractivity contribution in [1.82, 2.24) is 5.32 Å². The first-order chi connectivity index (χ1) is 9.08. The van der Waals surface area contributed by atoms with Gasteiger partial charge in [0.25, 0.3) is 5.91 Å². The first kappa shape index (κ1) is 14.1. The maximum absolute atomic E-state index is 12.1. The van der Waals surface area contributed by atoms with Gasteiger partial charge >= 0.3 is 0 Å². The number of amides is 1. The van der Waals surface area contributed by atoms with E-state index in [-0.39, 0.29) is 5.91 Å². The molecule has 1 aromatic carbocycles. The van der Waals surface area contributed by atoms with Crippen molar-refractivity contribution in [3.05, 3.63) is 35.9 Å². The number of quaternary nitrogens is 1. The van der Waals surface area contributed by atoms with E-state index >= 15 is 0 Å². The van der Waals surface area contributed by atoms with E-state index in [1.165, 1.54) is 25.7 Å². The average molecular weight is 261 g/mol. The Bertz CT molecular complexity index is 408. The van der Waals surface area contributed by atoms with Crippen molar-refractivity contribution in [2.75, 3.05) is 20.6 Å². The van der Waals surface area contributed by atoms with Crippen LogP contribution < -0.4 is 5.32 Å². The fourth-order valence-electron chi connectivity index (χ4n) is 2.95. The van der Waals surface area contributed by atoms with Gasteiger partial charge in [-0.3, -0.25) is 4.79 Å². The highest BCUT2D eigenvalue weighted by atomic mass is 16.2. The second kappa shape index (κ2) is 6.20. The summed E-state index contributed by atoms with van der Waals surface area (Å²) in [5.74, 6) is 0.153. The number of likely N-dealkylation sites (N-methyl/N-ethyl adjacent to an activating group) is 1. The Balaban J connectivity index is 1.80. The first-order valence-electron chi connectivity index (χ1n) is 7.21. The Kier molecular flexibility index (Phi) is 4.59. The van der Waals surface area contributed by atoms with Gasteiger partial charge in [0.1, 0.15) is 0 Å². The number of carbonyl (C=O) groups is 1. The monoisotopic (exact) mass is 261 g/mol. The molecule has 0 saturated heterocycles. The molecule has 1 N–H and O–H groups in total. The number of rotatable bonds is 5.